The molecule has 0 aliphatic rings. The van der Waals surface area contributed by atoms with Crippen LogP contribution in [0.3, 0.4) is 0 Å². The summed E-state index contributed by atoms with van der Waals surface area (Å²) < 4.78 is 8.15. The van der Waals surface area contributed by atoms with Gasteiger partial charge in [-0.15, -0.1) is 0 Å². The first-order valence-electron chi connectivity index (χ1n) is 14.7. The van der Waals surface area contributed by atoms with Crippen LogP contribution in [0, 0.1) is 13.8 Å². The van der Waals surface area contributed by atoms with E-state index in [0.29, 0.717) is 5.71 Å². The predicted molar refractivity (Wildman–Crippen MR) is 180 cm³/mol. The van der Waals surface area contributed by atoms with E-state index in [1.54, 1.807) is 4.40 Å². The first-order chi connectivity index (χ1) is 20.1. The number of nitrogens with zero attached hydrogens (tertiary/aromatic N) is 3. The quantitative estimate of drug-likeness (QED) is 0.147. The van der Waals surface area contributed by atoms with E-state index < -0.39 is 13.3 Å². The molecule has 0 fully saturated rings. The van der Waals surface area contributed by atoms with Crippen LogP contribution < -0.4 is 4.40 Å². The van der Waals surface area contributed by atoms with Gasteiger partial charge in [-0.1, -0.05) is 30.3 Å². The Bertz CT molecular complexity index is 2170. The van der Waals surface area contributed by atoms with Crippen LogP contribution in [0.1, 0.15) is 36.7 Å². The minimum absolute atomic E-state index is 0.180. The molecule has 0 unspecified atom stereocenters. The molecule has 208 valence electrons. The summed E-state index contributed by atoms with van der Waals surface area (Å²) in [6, 6.07) is 27.6. The van der Waals surface area contributed by atoms with Crippen LogP contribution in [0.15, 0.2) is 83.3 Å². The van der Waals surface area contributed by atoms with Crippen molar-refractivity contribution in [3.63, 3.8) is 0 Å². The summed E-state index contributed by atoms with van der Waals surface area (Å²) >= 11 is -2.15. The van der Waals surface area contributed by atoms with Gasteiger partial charge in [-0.3, -0.25) is 0 Å². The van der Waals surface area contributed by atoms with Crippen molar-refractivity contribution in [2.24, 2.45) is 0 Å². The molecule has 0 radical (unpaired) electrons. The average molecular weight is 610 g/mol. The molecule has 0 atom stereocenters. The van der Waals surface area contributed by atoms with E-state index in [4.69, 9.17) is 19.4 Å². The average Bonchev–Trinajstić information content (AvgIpc) is 3.34. The minimum atomic E-state index is -2.15. The summed E-state index contributed by atoms with van der Waals surface area (Å²) in [5.74, 6) is 8.46. The molecule has 4 aromatic carbocycles. The number of aryl methyl sites for hydroxylation is 2. The van der Waals surface area contributed by atoms with E-state index >= 15 is 0 Å². The standard InChI is InChI=1S/C37H35GeN3O/c1-21(2)36-40-33(28-17-16-25-20-22(3)32(38(5,6)7)23(4)31(25)34(28)41-36)29-15-11-14-26-27-18-19-30(24-12-9-8-10-13-24)39-37(27)42-35(26)29/h8-21H,1-7H3. The van der Waals surface area contributed by atoms with Crippen molar-refractivity contribution in [1.29, 1.82) is 0 Å². The zero-order chi connectivity index (χ0) is 29.3. The van der Waals surface area contributed by atoms with Crippen LogP contribution in [-0.2, 0) is 0 Å². The molecular weight excluding hydrogens is 575 g/mol. The van der Waals surface area contributed by atoms with Crippen molar-refractivity contribution in [2.75, 3.05) is 0 Å². The van der Waals surface area contributed by atoms with E-state index in [1.807, 2.05) is 18.2 Å². The SMILES string of the molecule is Cc1cc2ccc3c(-c4cccc5c4oc4nc(-c6ccccc6)ccc45)nc(C(C)C)nc3c2c(C)[c]1[Ge]([CH3])([CH3])[CH3]. The zero-order valence-corrected chi connectivity index (χ0v) is 27.4. The van der Waals surface area contributed by atoms with Crippen molar-refractivity contribution < 1.29 is 4.42 Å². The van der Waals surface area contributed by atoms with Gasteiger partial charge in [-0.2, -0.15) is 0 Å². The fourth-order valence-electron chi connectivity index (χ4n) is 6.72. The van der Waals surface area contributed by atoms with Crippen LogP contribution in [0.2, 0.25) is 17.3 Å². The van der Waals surface area contributed by atoms with E-state index in [0.717, 1.165) is 55.6 Å². The van der Waals surface area contributed by atoms with Gasteiger partial charge in [0, 0.05) is 5.56 Å². The Hall–Kier alpha value is -4.03. The molecule has 0 aliphatic carbocycles. The van der Waals surface area contributed by atoms with Gasteiger partial charge in [0.2, 0.25) is 0 Å². The molecule has 42 heavy (non-hydrogen) atoms. The fraction of sp³-hybridized carbons (Fsp3) is 0.216. The number of rotatable bonds is 4. The molecule has 0 N–H and O–H groups in total. The number of pyridine rings is 1. The predicted octanol–water partition coefficient (Wildman–Crippen LogP) is 9.70. The zero-order valence-electron chi connectivity index (χ0n) is 25.3. The van der Waals surface area contributed by atoms with Crippen molar-refractivity contribution in [3.8, 4) is 22.5 Å². The first kappa shape index (κ1) is 26.8. The molecular formula is C37H35GeN3O. The van der Waals surface area contributed by atoms with Crippen LogP contribution in [0.4, 0.5) is 0 Å². The number of hydrogen-bond acceptors (Lipinski definition) is 4. The molecule has 7 rings (SSSR count). The number of fused-ring (bicyclic) bond motifs is 6. The van der Waals surface area contributed by atoms with Gasteiger partial charge in [0.25, 0.3) is 0 Å². The molecule has 0 saturated heterocycles. The maximum absolute atomic E-state index is 6.58. The Labute approximate surface area is 249 Å². The van der Waals surface area contributed by atoms with Crippen molar-refractivity contribution in [3.05, 3.63) is 95.8 Å². The summed E-state index contributed by atoms with van der Waals surface area (Å²) in [6.45, 7) is 8.90. The molecule has 0 bridgehead atoms. The van der Waals surface area contributed by atoms with Gasteiger partial charge in [0.15, 0.2) is 0 Å². The molecule has 0 aliphatic heterocycles. The fourth-order valence-corrected chi connectivity index (χ4v) is 12.0. The summed E-state index contributed by atoms with van der Waals surface area (Å²) in [5.41, 5.74) is 9.11. The van der Waals surface area contributed by atoms with E-state index in [9.17, 15) is 0 Å². The number of hydrogen-bond donors (Lipinski definition) is 0. The number of aromatic nitrogens is 3. The first-order valence-corrected chi connectivity index (χ1v) is 22.1. The Balaban J connectivity index is 1.54. The monoisotopic (exact) mass is 611 g/mol. The third-order valence-corrected chi connectivity index (χ3v) is 13.2. The van der Waals surface area contributed by atoms with Crippen molar-refractivity contribution in [2.45, 2.75) is 50.9 Å². The third kappa shape index (κ3) is 4.23. The molecule has 3 aromatic heterocycles. The summed E-state index contributed by atoms with van der Waals surface area (Å²) in [7, 11) is 0. The molecule has 0 spiro atoms. The van der Waals surface area contributed by atoms with Gasteiger partial charge < -0.3 is 0 Å². The Morgan fingerprint density at radius 1 is 0.738 bits per heavy atom. The van der Waals surface area contributed by atoms with E-state index in [-0.39, 0.29) is 5.92 Å². The number of para-hydroxylation sites is 1. The Morgan fingerprint density at radius 3 is 2.24 bits per heavy atom. The second-order valence-corrected chi connectivity index (χ2v) is 23.3. The van der Waals surface area contributed by atoms with Gasteiger partial charge in [0.05, 0.1) is 0 Å². The molecule has 7 aromatic rings. The van der Waals surface area contributed by atoms with E-state index in [1.165, 1.54) is 21.9 Å². The van der Waals surface area contributed by atoms with E-state index in [2.05, 4.69) is 106 Å². The number of furan rings is 1. The van der Waals surface area contributed by atoms with Crippen molar-refractivity contribution >= 4 is 61.4 Å². The summed E-state index contributed by atoms with van der Waals surface area (Å²) in [5, 5.41) is 5.60. The molecule has 5 heteroatoms. The third-order valence-electron chi connectivity index (χ3n) is 8.39. The van der Waals surface area contributed by atoms with Crippen LogP contribution in [0.5, 0.6) is 0 Å². The molecule has 3 heterocycles. The molecule has 0 amide bonds. The second kappa shape index (κ2) is 9.77. The second-order valence-electron chi connectivity index (χ2n) is 12.8. The molecule has 4 nitrogen and oxygen atoms in total. The van der Waals surface area contributed by atoms with Gasteiger partial charge >= 0.3 is 214 Å². The van der Waals surface area contributed by atoms with Crippen LogP contribution >= 0.6 is 0 Å². The number of benzene rings is 4. The normalized spacial score (nSPS) is 12.4. The van der Waals surface area contributed by atoms with Gasteiger partial charge in [-0.25, -0.2) is 0 Å². The maximum atomic E-state index is 6.58. The topological polar surface area (TPSA) is 51.8 Å². The summed E-state index contributed by atoms with van der Waals surface area (Å²) in [6.07, 6.45) is 0. The Morgan fingerprint density at radius 2 is 1.50 bits per heavy atom. The molecule has 0 saturated carbocycles. The van der Waals surface area contributed by atoms with Gasteiger partial charge in [-0.05, 0) is 0 Å². The van der Waals surface area contributed by atoms with Crippen LogP contribution in [0.25, 0.3) is 66.3 Å². The van der Waals surface area contributed by atoms with Gasteiger partial charge in [0.1, 0.15) is 0 Å². The van der Waals surface area contributed by atoms with Crippen LogP contribution in [-0.4, -0.2) is 28.2 Å². The Kier molecular flexibility index (Phi) is 6.25. The van der Waals surface area contributed by atoms with Crippen molar-refractivity contribution in [1.82, 2.24) is 15.0 Å². The summed E-state index contributed by atoms with van der Waals surface area (Å²) in [4.78, 5) is 15.4.